The summed E-state index contributed by atoms with van der Waals surface area (Å²) in [6.07, 6.45) is 4.84. The van der Waals surface area contributed by atoms with Crippen LogP contribution in [0.4, 0.5) is 16.2 Å². The zero-order valence-corrected chi connectivity index (χ0v) is 15.8. The summed E-state index contributed by atoms with van der Waals surface area (Å²) >= 11 is 0. The molecule has 0 aliphatic carbocycles. The van der Waals surface area contributed by atoms with E-state index in [1.807, 2.05) is 29.2 Å². The molecule has 0 spiro atoms. The van der Waals surface area contributed by atoms with Crippen LogP contribution in [0, 0.1) is 0 Å². The number of anilines is 2. The van der Waals surface area contributed by atoms with Gasteiger partial charge in [-0.3, -0.25) is 9.69 Å². The van der Waals surface area contributed by atoms with Gasteiger partial charge in [0, 0.05) is 43.6 Å². The van der Waals surface area contributed by atoms with Gasteiger partial charge in [0.1, 0.15) is 0 Å². The highest BCUT2D eigenvalue weighted by Gasteiger charge is 2.29. The predicted molar refractivity (Wildman–Crippen MR) is 106 cm³/mol. The molecule has 7 heteroatoms. The van der Waals surface area contributed by atoms with E-state index >= 15 is 0 Å². The fraction of sp³-hybridized carbons (Fsp3) is 0.600. The van der Waals surface area contributed by atoms with Crippen molar-refractivity contribution in [1.82, 2.24) is 15.1 Å². The molecule has 1 aromatic rings. The maximum absolute atomic E-state index is 12.7. The Bertz CT molecular complexity index is 671. The summed E-state index contributed by atoms with van der Waals surface area (Å²) in [5, 5.41) is 5.87. The van der Waals surface area contributed by atoms with Crippen molar-refractivity contribution in [2.75, 3.05) is 56.0 Å². The molecule has 1 aromatic carbocycles. The SMILES string of the molecule is O=C1CN(c2ccc(NC(=O)N3CCCC(N4CCCC4)C3)cc2)CCN1. The van der Waals surface area contributed by atoms with Crippen LogP contribution in [-0.2, 0) is 4.79 Å². The molecule has 0 saturated carbocycles. The number of hydrogen-bond acceptors (Lipinski definition) is 4. The Kier molecular flexibility index (Phi) is 5.48. The Morgan fingerprint density at radius 2 is 1.81 bits per heavy atom. The van der Waals surface area contributed by atoms with Crippen molar-refractivity contribution < 1.29 is 9.59 Å². The Morgan fingerprint density at radius 3 is 2.56 bits per heavy atom. The summed E-state index contributed by atoms with van der Waals surface area (Å²) in [4.78, 5) is 30.8. The van der Waals surface area contributed by atoms with Crippen molar-refractivity contribution in [1.29, 1.82) is 0 Å². The van der Waals surface area contributed by atoms with E-state index in [1.165, 1.54) is 32.4 Å². The maximum atomic E-state index is 12.7. The van der Waals surface area contributed by atoms with Crippen LogP contribution < -0.4 is 15.5 Å². The summed E-state index contributed by atoms with van der Waals surface area (Å²) < 4.78 is 0. The van der Waals surface area contributed by atoms with Crippen LogP contribution in [0.15, 0.2) is 24.3 Å². The molecule has 0 radical (unpaired) electrons. The van der Waals surface area contributed by atoms with Crippen LogP contribution in [-0.4, -0.2) is 73.6 Å². The van der Waals surface area contributed by atoms with Crippen LogP contribution in [0.2, 0.25) is 0 Å². The first kappa shape index (κ1) is 18.1. The van der Waals surface area contributed by atoms with Crippen LogP contribution in [0.1, 0.15) is 25.7 Å². The highest BCUT2D eigenvalue weighted by molar-refractivity contribution is 5.89. The van der Waals surface area contributed by atoms with E-state index in [0.717, 1.165) is 37.4 Å². The standard InChI is InChI=1S/C20H29N5O2/c26-19-15-24(13-9-21-19)17-7-5-16(6-8-17)22-20(27)25-12-3-4-18(14-25)23-10-1-2-11-23/h5-8,18H,1-4,9-15H2,(H,21,26)(H,22,27). The lowest BCUT2D eigenvalue weighted by atomic mass is 10.0. The van der Waals surface area contributed by atoms with Gasteiger partial charge in [-0.1, -0.05) is 0 Å². The van der Waals surface area contributed by atoms with Crippen LogP contribution >= 0.6 is 0 Å². The van der Waals surface area contributed by atoms with Gasteiger partial charge in [0.25, 0.3) is 0 Å². The largest absolute Gasteiger partial charge is 0.360 e. The van der Waals surface area contributed by atoms with Gasteiger partial charge in [0.05, 0.1) is 6.54 Å². The molecule has 146 valence electrons. The molecule has 7 nitrogen and oxygen atoms in total. The van der Waals surface area contributed by atoms with E-state index in [-0.39, 0.29) is 11.9 Å². The molecule has 3 aliphatic rings. The van der Waals surface area contributed by atoms with Crippen molar-refractivity contribution in [2.24, 2.45) is 0 Å². The zero-order chi connectivity index (χ0) is 18.6. The third-order valence-electron chi connectivity index (χ3n) is 5.86. The van der Waals surface area contributed by atoms with Gasteiger partial charge in [0.2, 0.25) is 5.91 Å². The molecular formula is C20H29N5O2. The summed E-state index contributed by atoms with van der Waals surface area (Å²) in [5.41, 5.74) is 1.81. The first-order valence-corrected chi connectivity index (χ1v) is 10.1. The maximum Gasteiger partial charge on any atom is 0.321 e. The quantitative estimate of drug-likeness (QED) is 0.849. The number of urea groups is 1. The number of piperazine rings is 1. The van der Waals surface area contributed by atoms with Gasteiger partial charge in [-0.25, -0.2) is 4.79 Å². The van der Waals surface area contributed by atoms with Gasteiger partial charge in [-0.05, 0) is 63.0 Å². The van der Waals surface area contributed by atoms with Crippen molar-refractivity contribution in [3.05, 3.63) is 24.3 Å². The second-order valence-electron chi connectivity index (χ2n) is 7.73. The molecule has 3 heterocycles. The van der Waals surface area contributed by atoms with E-state index in [9.17, 15) is 9.59 Å². The van der Waals surface area contributed by atoms with Gasteiger partial charge in [-0.15, -0.1) is 0 Å². The molecule has 3 fully saturated rings. The molecule has 2 N–H and O–H groups in total. The molecule has 0 aromatic heterocycles. The minimum Gasteiger partial charge on any atom is -0.360 e. The van der Waals surface area contributed by atoms with Gasteiger partial charge in [0.15, 0.2) is 0 Å². The zero-order valence-electron chi connectivity index (χ0n) is 15.8. The molecule has 1 unspecified atom stereocenters. The monoisotopic (exact) mass is 371 g/mol. The summed E-state index contributed by atoms with van der Waals surface area (Å²) in [7, 11) is 0. The lowest BCUT2D eigenvalue weighted by Gasteiger charge is -2.37. The predicted octanol–water partition coefficient (Wildman–Crippen LogP) is 1.71. The number of rotatable bonds is 3. The Hall–Kier alpha value is -2.28. The van der Waals surface area contributed by atoms with Crippen molar-refractivity contribution in [3.63, 3.8) is 0 Å². The molecule has 3 aliphatic heterocycles. The topological polar surface area (TPSA) is 67.9 Å². The minimum atomic E-state index is -0.0102. The number of nitrogens with zero attached hydrogens (tertiary/aromatic N) is 3. The number of nitrogens with one attached hydrogen (secondary N) is 2. The normalized spacial score (nSPS) is 24.0. The molecule has 3 amide bonds. The second-order valence-corrected chi connectivity index (χ2v) is 7.73. The third kappa shape index (κ3) is 4.35. The lowest BCUT2D eigenvalue weighted by Crippen LogP contribution is -2.50. The van der Waals surface area contributed by atoms with E-state index in [4.69, 9.17) is 0 Å². The smallest absolute Gasteiger partial charge is 0.321 e. The minimum absolute atomic E-state index is 0.0102. The van der Waals surface area contributed by atoms with Crippen LogP contribution in [0.3, 0.4) is 0 Å². The number of likely N-dealkylation sites (tertiary alicyclic amines) is 2. The third-order valence-corrected chi connectivity index (χ3v) is 5.86. The Labute approximate surface area is 160 Å². The van der Waals surface area contributed by atoms with E-state index < -0.39 is 0 Å². The molecule has 3 saturated heterocycles. The van der Waals surface area contributed by atoms with E-state index in [1.54, 1.807) is 0 Å². The van der Waals surface area contributed by atoms with Gasteiger partial charge >= 0.3 is 6.03 Å². The average molecular weight is 371 g/mol. The van der Waals surface area contributed by atoms with E-state index in [0.29, 0.717) is 19.1 Å². The van der Waals surface area contributed by atoms with Crippen molar-refractivity contribution >= 4 is 23.3 Å². The van der Waals surface area contributed by atoms with Gasteiger partial charge in [-0.2, -0.15) is 0 Å². The lowest BCUT2D eigenvalue weighted by molar-refractivity contribution is -0.120. The first-order valence-electron chi connectivity index (χ1n) is 10.1. The van der Waals surface area contributed by atoms with E-state index in [2.05, 4.69) is 20.4 Å². The summed E-state index contributed by atoms with van der Waals surface area (Å²) in [6, 6.07) is 8.28. The van der Waals surface area contributed by atoms with Crippen LogP contribution in [0.5, 0.6) is 0 Å². The number of carbonyl (C=O) groups excluding carboxylic acids is 2. The summed E-state index contributed by atoms with van der Waals surface area (Å²) in [6.45, 7) is 5.88. The number of benzene rings is 1. The number of carbonyl (C=O) groups is 2. The fourth-order valence-electron chi connectivity index (χ4n) is 4.36. The molecule has 4 rings (SSSR count). The highest BCUT2D eigenvalue weighted by Crippen LogP contribution is 2.22. The molecular weight excluding hydrogens is 342 g/mol. The van der Waals surface area contributed by atoms with Gasteiger partial charge < -0.3 is 20.4 Å². The number of hydrogen-bond donors (Lipinski definition) is 2. The Balaban J connectivity index is 1.32. The molecule has 1 atom stereocenters. The van der Waals surface area contributed by atoms with Crippen LogP contribution in [0.25, 0.3) is 0 Å². The van der Waals surface area contributed by atoms with Crippen molar-refractivity contribution in [3.8, 4) is 0 Å². The fourth-order valence-corrected chi connectivity index (χ4v) is 4.36. The average Bonchev–Trinajstić information content (AvgIpc) is 3.24. The summed E-state index contributed by atoms with van der Waals surface area (Å²) in [5.74, 6) is 0.0521. The second kappa shape index (κ2) is 8.17. The van der Waals surface area contributed by atoms with Crippen molar-refractivity contribution in [2.45, 2.75) is 31.7 Å². The molecule has 27 heavy (non-hydrogen) atoms. The highest BCUT2D eigenvalue weighted by atomic mass is 16.2. The number of piperidine rings is 1. The molecule has 0 bridgehead atoms. The Morgan fingerprint density at radius 1 is 1.04 bits per heavy atom. The first-order chi connectivity index (χ1) is 13.2. The number of amides is 3.